The molecule has 2 aromatic rings. The molecule has 0 heterocycles. The lowest BCUT2D eigenvalue weighted by molar-refractivity contribution is -0.119. The van der Waals surface area contributed by atoms with E-state index in [2.05, 4.69) is 15.9 Å². The highest BCUT2D eigenvalue weighted by Gasteiger charge is 2.13. The summed E-state index contributed by atoms with van der Waals surface area (Å²) in [7, 11) is -2.54. The Bertz CT molecular complexity index is 1100. The molecule has 30 heavy (non-hydrogen) atoms. The predicted octanol–water partition coefficient (Wildman–Crippen LogP) is 1.09. The first-order valence-electron chi connectivity index (χ1n) is 8.52. The molecule has 0 bridgehead atoms. The molecule has 0 saturated carbocycles. The smallest absolute Gasteiger partial charge is 0.255 e. The number of carbonyl (C=O) groups excluding carboxylic acids is 2. The molecule has 0 fully saturated rings. The number of halogens is 1. The van der Waals surface area contributed by atoms with E-state index < -0.39 is 21.5 Å². The number of ether oxygens (including phenoxy) is 1. The maximum atomic E-state index is 12.6. The molecule has 7 N–H and O–H groups in total. The van der Waals surface area contributed by atoms with E-state index in [1.54, 1.807) is 12.1 Å². The number of hydrogen-bond acceptors (Lipinski definition) is 5. The molecule has 11 heteroatoms. The highest BCUT2D eigenvalue weighted by Crippen LogP contribution is 2.22. The van der Waals surface area contributed by atoms with Gasteiger partial charge >= 0.3 is 0 Å². The Kier molecular flexibility index (Phi) is 7.30. The Morgan fingerprint density at radius 2 is 1.90 bits per heavy atom. The van der Waals surface area contributed by atoms with Crippen LogP contribution in [-0.4, -0.2) is 40.6 Å². The van der Waals surface area contributed by atoms with Gasteiger partial charge in [0.15, 0.2) is 6.61 Å². The second kappa shape index (κ2) is 9.51. The van der Waals surface area contributed by atoms with Crippen molar-refractivity contribution in [3.63, 3.8) is 0 Å². The molecule has 2 rings (SSSR count). The van der Waals surface area contributed by atoms with Crippen LogP contribution in [0.15, 0.2) is 36.4 Å². The summed E-state index contributed by atoms with van der Waals surface area (Å²) in [6.07, 6.45) is 1.42. The first-order valence-corrected chi connectivity index (χ1v) is 11.0. The highest BCUT2D eigenvalue weighted by molar-refractivity contribution is 8.00. The van der Waals surface area contributed by atoms with E-state index in [0.717, 1.165) is 0 Å². The molecule has 2 aromatic carbocycles. The molecule has 0 aliphatic heterocycles. The van der Waals surface area contributed by atoms with Crippen LogP contribution >= 0.6 is 11.6 Å². The van der Waals surface area contributed by atoms with Gasteiger partial charge in [-0.25, -0.2) is 4.21 Å². The van der Waals surface area contributed by atoms with E-state index in [0.29, 0.717) is 16.8 Å². The van der Waals surface area contributed by atoms with Gasteiger partial charge in [0.05, 0.1) is 0 Å². The zero-order chi connectivity index (χ0) is 22.5. The van der Waals surface area contributed by atoms with Crippen molar-refractivity contribution in [3.05, 3.63) is 58.1 Å². The van der Waals surface area contributed by atoms with Crippen LogP contribution < -0.4 is 26.2 Å². The Balaban J connectivity index is 2.21. The first kappa shape index (κ1) is 23.0. The van der Waals surface area contributed by atoms with Crippen LogP contribution in [0.1, 0.15) is 21.5 Å². The van der Waals surface area contributed by atoms with Crippen molar-refractivity contribution in [3.8, 4) is 5.75 Å². The maximum absolute atomic E-state index is 12.6. The van der Waals surface area contributed by atoms with Gasteiger partial charge < -0.3 is 26.2 Å². The number of nitrogens with two attached hydrogens (primary N) is 2. The highest BCUT2D eigenvalue weighted by atomic mass is 35.5. The number of rotatable bonds is 9. The fourth-order valence-electron chi connectivity index (χ4n) is 2.46. The average molecular weight is 452 g/mol. The summed E-state index contributed by atoms with van der Waals surface area (Å²) in [6, 6.07) is 9.19. The van der Waals surface area contributed by atoms with Gasteiger partial charge in [-0.05, 0) is 30.1 Å². The van der Waals surface area contributed by atoms with E-state index in [4.69, 9.17) is 33.2 Å². The van der Waals surface area contributed by atoms with Crippen LogP contribution in [0, 0.1) is 5.41 Å². The third kappa shape index (κ3) is 6.98. The largest absolute Gasteiger partial charge is 0.483 e. The molecule has 1 unspecified atom stereocenters. The number of benzene rings is 2. The first-order chi connectivity index (χ1) is 13.9. The second-order valence-electron chi connectivity index (χ2n) is 6.51. The van der Waals surface area contributed by atoms with Crippen molar-refractivity contribution in [2.24, 2.45) is 11.5 Å². The minimum atomic E-state index is -2.54. The molecule has 0 aromatic heterocycles. The standard InChI is InChI=1S/C19H22ClN5O4S/c1-30(2,28)25-15-6-13(5-14(20)8-15)19(27)24-9-12-4-3-11(18(22)23)7-16(12)29-10-17(21)26/h3-8H,1,9-10H2,2H3,(H2,21,26)(H3,22,23)(H,24,27)(H,25,28). The van der Waals surface area contributed by atoms with Crippen LogP contribution in [-0.2, 0) is 21.0 Å². The van der Waals surface area contributed by atoms with Crippen LogP contribution in [0.3, 0.4) is 0 Å². The summed E-state index contributed by atoms with van der Waals surface area (Å²) >= 11 is 6.05. The number of amidine groups is 1. The number of nitrogens with one attached hydrogen (secondary N) is 3. The zero-order valence-electron chi connectivity index (χ0n) is 16.2. The number of carbonyl (C=O) groups is 2. The number of primary amides is 1. The van der Waals surface area contributed by atoms with Crippen molar-refractivity contribution in [1.82, 2.24) is 5.32 Å². The minimum Gasteiger partial charge on any atom is -0.483 e. The minimum absolute atomic E-state index is 0.0558. The molecule has 9 nitrogen and oxygen atoms in total. The lowest BCUT2D eigenvalue weighted by Gasteiger charge is -2.14. The average Bonchev–Trinajstić information content (AvgIpc) is 2.62. The van der Waals surface area contributed by atoms with Gasteiger partial charge in [0, 0.05) is 49.9 Å². The molecule has 0 saturated heterocycles. The third-order valence-electron chi connectivity index (χ3n) is 3.68. The van der Waals surface area contributed by atoms with Gasteiger partial charge in [-0.2, -0.15) is 0 Å². The second-order valence-corrected chi connectivity index (χ2v) is 9.16. The normalized spacial score (nSPS) is 12.5. The number of hydrogen-bond donors (Lipinski definition) is 5. The molecule has 0 aliphatic rings. The summed E-state index contributed by atoms with van der Waals surface area (Å²) in [5.41, 5.74) is 12.2. The zero-order valence-corrected chi connectivity index (χ0v) is 17.7. The molecule has 160 valence electrons. The monoisotopic (exact) mass is 451 g/mol. The van der Waals surface area contributed by atoms with E-state index in [1.165, 1.54) is 30.5 Å². The molecule has 1 atom stereocenters. The molecule has 0 aliphatic carbocycles. The Labute approximate surface area is 179 Å². The number of amides is 2. The summed E-state index contributed by atoms with van der Waals surface area (Å²) in [6.45, 7) is -0.312. The van der Waals surface area contributed by atoms with Crippen LogP contribution in [0.2, 0.25) is 5.02 Å². The van der Waals surface area contributed by atoms with Gasteiger partial charge in [-0.3, -0.25) is 15.0 Å². The third-order valence-corrected chi connectivity index (χ3v) is 4.57. The SMILES string of the molecule is C=S(C)(=O)Nc1cc(Cl)cc(C(=O)NCc2ccc(C(=N)N)cc2OCC(N)=O)c1. The van der Waals surface area contributed by atoms with Gasteiger partial charge in [-0.1, -0.05) is 23.7 Å². The van der Waals surface area contributed by atoms with Crippen molar-refractivity contribution in [2.75, 3.05) is 17.6 Å². The van der Waals surface area contributed by atoms with E-state index in [9.17, 15) is 13.8 Å². The molecular weight excluding hydrogens is 430 g/mol. The van der Waals surface area contributed by atoms with E-state index in [1.807, 2.05) is 0 Å². The molecule has 2 amide bonds. The molecular formula is C19H22ClN5O4S. The summed E-state index contributed by atoms with van der Waals surface area (Å²) in [5, 5.41) is 10.5. The van der Waals surface area contributed by atoms with Crippen molar-refractivity contribution < 1.29 is 18.5 Å². The fourth-order valence-corrected chi connectivity index (χ4v) is 3.31. The summed E-state index contributed by atoms with van der Waals surface area (Å²) < 4.78 is 19.9. The fraction of sp³-hybridized carbons (Fsp3) is 0.158. The predicted molar refractivity (Wildman–Crippen MR) is 120 cm³/mol. The number of nitrogen functional groups attached to an aromatic ring is 1. The summed E-state index contributed by atoms with van der Waals surface area (Å²) in [4.78, 5) is 23.6. The van der Waals surface area contributed by atoms with Crippen molar-refractivity contribution in [1.29, 1.82) is 5.41 Å². The van der Waals surface area contributed by atoms with Crippen LogP contribution in [0.4, 0.5) is 5.69 Å². The van der Waals surface area contributed by atoms with E-state index >= 15 is 0 Å². The Morgan fingerprint density at radius 1 is 1.20 bits per heavy atom. The maximum Gasteiger partial charge on any atom is 0.255 e. The molecule has 0 radical (unpaired) electrons. The van der Waals surface area contributed by atoms with Crippen LogP contribution in [0.5, 0.6) is 5.75 Å². The Morgan fingerprint density at radius 3 is 2.50 bits per heavy atom. The number of anilines is 1. The topological polar surface area (TPSA) is 160 Å². The van der Waals surface area contributed by atoms with Crippen LogP contribution in [0.25, 0.3) is 0 Å². The quantitative estimate of drug-likeness (QED) is 0.219. The van der Waals surface area contributed by atoms with Gasteiger partial charge in [-0.15, -0.1) is 0 Å². The lowest BCUT2D eigenvalue weighted by Crippen LogP contribution is -2.25. The lowest BCUT2D eigenvalue weighted by atomic mass is 10.1. The van der Waals surface area contributed by atoms with Gasteiger partial charge in [0.2, 0.25) is 0 Å². The van der Waals surface area contributed by atoms with Crippen molar-refractivity contribution >= 4 is 50.5 Å². The van der Waals surface area contributed by atoms with E-state index in [-0.39, 0.29) is 35.3 Å². The van der Waals surface area contributed by atoms with Gasteiger partial charge in [0.1, 0.15) is 11.6 Å². The summed E-state index contributed by atoms with van der Waals surface area (Å²) in [5.74, 6) is 2.48. The van der Waals surface area contributed by atoms with Gasteiger partial charge in [0.25, 0.3) is 11.8 Å². The van der Waals surface area contributed by atoms with Crippen molar-refractivity contribution in [2.45, 2.75) is 6.54 Å². The molecule has 0 spiro atoms. The Hall–Kier alpha value is -3.24.